The fourth-order valence-electron chi connectivity index (χ4n) is 2.07. The molecule has 3 N–H and O–H groups in total. The lowest BCUT2D eigenvalue weighted by molar-refractivity contribution is 0.477. The number of para-hydroxylation sites is 1. The van der Waals surface area contributed by atoms with Crippen LogP contribution < -0.4 is 5.73 Å². The third-order valence-corrected chi connectivity index (χ3v) is 3.09. The molecule has 3 rings (SSSR count). The number of hydrogen-bond donors (Lipinski definition) is 2. The van der Waals surface area contributed by atoms with Crippen molar-refractivity contribution in [1.82, 2.24) is 10.2 Å². The Morgan fingerprint density at radius 3 is 2.25 bits per heavy atom. The molecule has 0 radical (unpaired) electrons. The van der Waals surface area contributed by atoms with Gasteiger partial charge in [-0.3, -0.25) is 0 Å². The van der Waals surface area contributed by atoms with Crippen LogP contribution in [-0.4, -0.2) is 15.3 Å². The number of phenolic OH excluding ortho intramolecular Hbond substituents is 1. The van der Waals surface area contributed by atoms with E-state index in [1.54, 1.807) is 18.2 Å². The SMILES string of the molecule is Nc1nnc(-c2ccccc2O)cc1-c1ccccc1. The lowest BCUT2D eigenvalue weighted by Crippen LogP contribution is -1.98. The smallest absolute Gasteiger partial charge is 0.154 e. The van der Waals surface area contributed by atoms with Crippen molar-refractivity contribution in [1.29, 1.82) is 0 Å². The predicted molar refractivity (Wildman–Crippen MR) is 79.0 cm³/mol. The van der Waals surface area contributed by atoms with Crippen LogP contribution >= 0.6 is 0 Å². The molecule has 98 valence electrons. The Balaban J connectivity index is 2.15. The average Bonchev–Trinajstić information content (AvgIpc) is 2.49. The summed E-state index contributed by atoms with van der Waals surface area (Å²) < 4.78 is 0. The molecule has 4 nitrogen and oxygen atoms in total. The molecule has 0 aliphatic carbocycles. The Hall–Kier alpha value is -2.88. The van der Waals surface area contributed by atoms with Crippen molar-refractivity contribution < 1.29 is 5.11 Å². The van der Waals surface area contributed by atoms with Gasteiger partial charge >= 0.3 is 0 Å². The summed E-state index contributed by atoms with van der Waals surface area (Å²) in [7, 11) is 0. The van der Waals surface area contributed by atoms with E-state index in [1.165, 1.54) is 0 Å². The van der Waals surface area contributed by atoms with Gasteiger partial charge in [0.25, 0.3) is 0 Å². The van der Waals surface area contributed by atoms with Crippen molar-refractivity contribution >= 4 is 5.82 Å². The van der Waals surface area contributed by atoms with Crippen LogP contribution in [0.5, 0.6) is 5.75 Å². The maximum Gasteiger partial charge on any atom is 0.154 e. The number of anilines is 1. The number of phenols is 1. The Kier molecular flexibility index (Phi) is 3.05. The lowest BCUT2D eigenvalue weighted by atomic mass is 10.0. The van der Waals surface area contributed by atoms with Gasteiger partial charge in [0.15, 0.2) is 5.82 Å². The highest BCUT2D eigenvalue weighted by molar-refractivity contribution is 5.78. The summed E-state index contributed by atoms with van der Waals surface area (Å²) >= 11 is 0. The highest BCUT2D eigenvalue weighted by Gasteiger charge is 2.10. The van der Waals surface area contributed by atoms with Crippen LogP contribution in [0.4, 0.5) is 5.82 Å². The van der Waals surface area contributed by atoms with E-state index in [0.717, 1.165) is 11.1 Å². The van der Waals surface area contributed by atoms with Crippen molar-refractivity contribution in [3.05, 3.63) is 60.7 Å². The number of aromatic nitrogens is 2. The summed E-state index contributed by atoms with van der Waals surface area (Å²) in [6.07, 6.45) is 0. The van der Waals surface area contributed by atoms with Crippen LogP contribution in [0, 0.1) is 0 Å². The first-order chi connectivity index (χ1) is 9.75. The van der Waals surface area contributed by atoms with Crippen LogP contribution in [-0.2, 0) is 0 Å². The number of rotatable bonds is 2. The van der Waals surface area contributed by atoms with Gasteiger partial charge in [-0.25, -0.2) is 0 Å². The second-order valence-electron chi connectivity index (χ2n) is 4.41. The van der Waals surface area contributed by atoms with Gasteiger partial charge in [0.05, 0.1) is 5.69 Å². The molecule has 1 heterocycles. The number of hydrogen-bond acceptors (Lipinski definition) is 4. The number of aromatic hydroxyl groups is 1. The highest BCUT2D eigenvalue weighted by atomic mass is 16.3. The van der Waals surface area contributed by atoms with Crippen LogP contribution in [0.25, 0.3) is 22.4 Å². The molecule has 0 atom stereocenters. The second kappa shape index (κ2) is 5.01. The second-order valence-corrected chi connectivity index (χ2v) is 4.41. The first-order valence-electron chi connectivity index (χ1n) is 6.22. The van der Waals surface area contributed by atoms with Gasteiger partial charge in [0.2, 0.25) is 0 Å². The number of nitrogens with zero attached hydrogens (tertiary/aromatic N) is 2. The molecule has 2 aromatic carbocycles. The van der Waals surface area contributed by atoms with Gasteiger partial charge in [-0.1, -0.05) is 42.5 Å². The van der Waals surface area contributed by atoms with E-state index >= 15 is 0 Å². The molecule has 1 aromatic heterocycles. The largest absolute Gasteiger partial charge is 0.507 e. The molecule has 0 aliphatic heterocycles. The third kappa shape index (κ3) is 2.19. The number of nitrogens with two attached hydrogens (primary N) is 1. The topological polar surface area (TPSA) is 72.0 Å². The van der Waals surface area contributed by atoms with E-state index < -0.39 is 0 Å². The molecule has 20 heavy (non-hydrogen) atoms. The molecular formula is C16H13N3O. The van der Waals surface area contributed by atoms with E-state index in [4.69, 9.17) is 5.73 Å². The molecule has 0 unspecified atom stereocenters. The van der Waals surface area contributed by atoms with E-state index in [-0.39, 0.29) is 5.75 Å². The van der Waals surface area contributed by atoms with Crippen LogP contribution in [0.15, 0.2) is 60.7 Å². The van der Waals surface area contributed by atoms with E-state index in [2.05, 4.69) is 10.2 Å². The fourth-order valence-corrected chi connectivity index (χ4v) is 2.07. The van der Waals surface area contributed by atoms with Crippen LogP contribution in [0.1, 0.15) is 0 Å². The van der Waals surface area contributed by atoms with Gasteiger partial charge in [-0.05, 0) is 23.8 Å². The molecule has 0 aliphatic rings. The molecule has 4 heteroatoms. The summed E-state index contributed by atoms with van der Waals surface area (Å²) in [5.74, 6) is 0.543. The van der Waals surface area contributed by atoms with E-state index in [1.807, 2.05) is 42.5 Å². The van der Waals surface area contributed by atoms with E-state index in [0.29, 0.717) is 17.1 Å². The first kappa shape index (κ1) is 12.2. The first-order valence-corrected chi connectivity index (χ1v) is 6.22. The third-order valence-electron chi connectivity index (χ3n) is 3.09. The molecule has 3 aromatic rings. The monoisotopic (exact) mass is 263 g/mol. The minimum Gasteiger partial charge on any atom is -0.507 e. The van der Waals surface area contributed by atoms with Crippen LogP contribution in [0.3, 0.4) is 0 Å². The summed E-state index contributed by atoms with van der Waals surface area (Å²) in [4.78, 5) is 0. The predicted octanol–water partition coefficient (Wildman–Crippen LogP) is 3.10. The average molecular weight is 263 g/mol. The number of benzene rings is 2. The van der Waals surface area contributed by atoms with Crippen LogP contribution in [0.2, 0.25) is 0 Å². The minimum atomic E-state index is 0.172. The Bertz CT molecular complexity index is 742. The molecular weight excluding hydrogens is 250 g/mol. The molecule has 0 amide bonds. The fraction of sp³-hybridized carbons (Fsp3) is 0. The number of nitrogen functional groups attached to an aromatic ring is 1. The Morgan fingerprint density at radius 1 is 0.800 bits per heavy atom. The van der Waals surface area contributed by atoms with Crippen molar-refractivity contribution in [2.24, 2.45) is 0 Å². The quantitative estimate of drug-likeness (QED) is 0.745. The van der Waals surface area contributed by atoms with Gasteiger partial charge in [0.1, 0.15) is 5.75 Å². The molecule has 0 saturated heterocycles. The van der Waals surface area contributed by atoms with Gasteiger partial charge in [0, 0.05) is 11.1 Å². The Labute approximate surface area is 116 Å². The summed E-state index contributed by atoms with van der Waals surface area (Å²) in [6, 6.07) is 18.6. The summed E-state index contributed by atoms with van der Waals surface area (Å²) in [5.41, 5.74) is 8.90. The van der Waals surface area contributed by atoms with Gasteiger partial charge < -0.3 is 10.8 Å². The maximum absolute atomic E-state index is 9.90. The normalized spacial score (nSPS) is 10.4. The molecule has 0 bridgehead atoms. The van der Waals surface area contributed by atoms with Gasteiger partial charge in [-0.2, -0.15) is 0 Å². The zero-order chi connectivity index (χ0) is 13.9. The molecule has 0 fully saturated rings. The molecule has 0 saturated carbocycles. The standard InChI is InChI=1S/C16H13N3O/c17-16-13(11-6-2-1-3-7-11)10-14(18-19-16)12-8-4-5-9-15(12)20/h1-10,20H,(H2,17,19). The lowest BCUT2D eigenvalue weighted by Gasteiger charge is -2.08. The summed E-state index contributed by atoms with van der Waals surface area (Å²) in [5, 5.41) is 17.9. The summed E-state index contributed by atoms with van der Waals surface area (Å²) in [6.45, 7) is 0. The highest BCUT2D eigenvalue weighted by Crippen LogP contribution is 2.31. The Morgan fingerprint density at radius 2 is 1.50 bits per heavy atom. The molecule has 0 spiro atoms. The van der Waals surface area contributed by atoms with Crippen molar-refractivity contribution in [3.8, 4) is 28.1 Å². The van der Waals surface area contributed by atoms with Crippen molar-refractivity contribution in [3.63, 3.8) is 0 Å². The van der Waals surface area contributed by atoms with Gasteiger partial charge in [-0.15, -0.1) is 10.2 Å². The zero-order valence-electron chi connectivity index (χ0n) is 10.7. The van der Waals surface area contributed by atoms with Crippen molar-refractivity contribution in [2.45, 2.75) is 0 Å². The maximum atomic E-state index is 9.90. The zero-order valence-corrected chi connectivity index (χ0v) is 10.7. The van der Waals surface area contributed by atoms with Crippen molar-refractivity contribution in [2.75, 3.05) is 5.73 Å². The van der Waals surface area contributed by atoms with E-state index in [9.17, 15) is 5.11 Å². The minimum absolute atomic E-state index is 0.172.